The highest BCUT2D eigenvalue weighted by molar-refractivity contribution is 14.1. The van der Waals surface area contributed by atoms with Gasteiger partial charge in [0.15, 0.2) is 0 Å². The van der Waals surface area contributed by atoms with Crippen molar-refractivity contribution in [2.75, 3.05) is 6.61 Å². The van der Waals surface area contributed by atoms with Crippen LogP contribution in [0.5, 0.6) is 0 Å². The van der Waals surface area contributed by atoms with Crippen LogP contribution in [0.4, 0.5) is 0 Å². The average molecular weight is 228 g/mol. The van der Waals surface area contributed by atoms with E-state index in [1.807, 2.05) is 22.6 Å². The average Bonchev–Trinajstić information content (AvgIpc) is 1.67. The summed E-state index contributed by atoms with van der Waals surface area (Å²) < 4.78 is 4.64. The first-order chi connectivity index (χ1) is 3.68. The second kappa shape index (κ2) is 4.12. The van der Waals surface area contributed by atoms with Crippen molar-refractivity contribution in [3.05, 3.63) is 0 Å². The zero-order chi connectivity index (χ0) is 6.57. The lowest BCUT2D eigenvalue weighted by Crippen LogP contribution is -2.12. The third-order valence-electron chi connectivity index (χ3n) is 0.611. The van der Waals surface area contributed by atoms with Gasteiger partial charge in [-0.05, 0) is 13.8 Å². The Balaban J connectivity index is 3.33. The number of carbonyl (C=O) groups is 1. The van der Waals surface area contributed by atoms with E-state index in [9.17, 15) is 4.79 Å². The van der Waals surface area contributed by atoms with Gasteiger partial charge in [0.05, 0.1) is 6.61 Å². The maximum atomic E-state index is 10.5. The van der Waals surface area contributed by atoms with E-state index in [4.69, 9.17) is 0 Å². The van der Waals surface area contributed by atoms with Crippen LogP contribution in [0.1, 0.15) is 13.8 Å². The molecule has 3 heteroatoms. The standard InChI is InChI=1S/C5H9IO2/c1-3-8-5(7)4(2)6/h4H,3H2,1-2H3. The van der Waals surface area contributed by atoms with Crippen LogP contribution in [0.2, 0.25) is 0 Å². The first kappa shape index (κ1) is 8.20. The molecule has 1 unspecified atom stereocenters. The fourth-order valence-corrected chi connectivity index (χ4v) is 0.437. The molecular weight excluding hydrogens is 219 g/mol. The van der Waals surface area contributed by atoms with Crippen LogP contribution in [-0.4, -0.2) is 16.5 Å². The number of alkyl halides is 1. The molecule has 0 rings (SSSR count). The van der Waals surface area contributed by atoms with Crippen LogP contribution < -0.4 is 0 Å². The summed E-state index contributed by atoms with van der Waals surface area (Å²) in [5.74, 6) is -0.131. The molecule has 48 valence electrons. The molecule has 0 bridgehead atoms. The Morgan fingerprint density at radius 1 is 1.88 bits per heavy atom. The minimum Gasteiger partial charge on any atom is -0.465 e. The van der Waals surface area contributed by atoms with Crippen molar-refractivity contribution in [2.45, 2.75) is 17.8 Å². The maximum absolute atomic E-state index is 10.5. The Morgan fingerprint density at radius 2 is 2.38 bits per heavy atom. The number of hydrogen-bond acceptors (Lipinski definition) is 2. The summed E-state index contributed by atoms with van der Waals surface area (Å²) in [6, 6.07) is 0. The van der Waals surface area contributed by atoms with E-state index in [1.165, 1.54) is 0 Å². The summed E-state index contributed by atoms with van der Waals surface area (Å²) in [6.07, 6.45) is 0. The maximum Gasteiger partial charge on any atom is 0.318 e. The van der Waals surface area contributed by atoms with Gasteiger partial charge in [0.2, 0.25) is 0 Å². The second-order valence-corrected chi connectivity index (χ2v) is 3.24. The molecule has 0 amide bonds. The zero-order valence-electron chi connectivity index (χ0n) is 4.98. The number of carbonyl (C=O) groups excluding carboxylic acids is 1. The minimum absolute atomic E-state index is 0.0208. The molecule has 0 radical (unpaired) electrons. The first-order valence-corrected chi connectivity index (χ1v) is 3.73. The van der Waals surface area contributed by atoms with Gasteiger partial charge in [-0.3, -0.25) is 4.79 Å². The quantitative estimate of drug-likeness (QED) is 0.405. The molecule has 0 heterocycles. The van der Waals surface area contributed by atoms with Gasteiger partial charge in [-0.2, -0.15) is 0 Å². The number of rotatable bonds is 2. The smallest absolute Gasteiger partial charge is 0.318 e. The molecule has 0 aliphatic carbocycles. The van der Waals surface area contributed by atoms with Gasteiger partial charge in [-0.1, -0.05) is 22.6 Å². The van der Waals surface area contributed by atoms with Crippen LogP contribution in [0.25, 0.3) is 0 Å². The molecule has 0 saturated carbocycles. The first-order valence-electron chi connectivity index (χ1n) is 2.49. The van der Waals surface area contributed by atoms with E-state index >= 15 is 0 Å². The molecule has 0 aromatic carbocycles. The number of halogens is 1. The van der Waals surface area contributed by atoms with Crippen molar-refractivity contribution < 1.29 is 9.53 Å². The van der Waals surface area contributed by atoms with Crippen LogP contribution in [0.15, 0.2) is 0 Å². The lowest BCUT2D eigenvalue weighted by atomic mass is 10.5. The Hall–Kier alpha value is 0.200. The molecule has 0 N–H and O–H groups in total. The number of esters is 1. The summed E-state index contributed by atoms with van der Waals surface area (Å²) in [5, 5.41) is 0. The molecule has 0 aliphatic heterocycles. The van der Waals surface area contributed by atoms with Crippen molar-refractivity contribution >= 4 is 28.6 Å². The van der Waals surface area contributed by atoms with Crippen LogP contribution in [0.3, 0.4) is 0 Å². The van der Waals surface area contributed by atoms with Crippen LogP contribution in [-0.2, 0) is 9.53 Å². The highest BCUT2D eigenvalue weighted by atomic mass is 127. The van der Waals surface area contributed by atoms with Gasteiger partial charge >= 0.3 is 5.97 Å². The van der Waals surface area contributed by atoms with E-state index in [2.05, 4.69) is 4.74 Å². The van der Waals surface area contributed by atoms with Gasteiger partial charge in [0.1, 0.15) is 3.92 Å². The van der Waals surface area contributed by atoms with Crippen LogP contribution >= 0.6 is 22.6 Å². The molecule has 2 nitrogen and oxygen atoms in total. The molecular formula is C5H9IO2. The highest BCUT2D eigenvalue weighted by Gasteiger charge is 2.06. The zero-order valence-corrected chi connectivity index (χ0v) is 7.14. The molecule has 0 aliphatic rings. The minimum atomic E-state index is -0.131. The fraction of sp³-hybridized carbons (Fsp3) is 0.800. The lowest BCUT2D eigenvalue weighted by Gasteiger charge is -2.00. The van der Waals surface area contributed by atoms with Crippen molar-refractivity contribution in [3.63, 3.8) is 0 Å². The van der Waals surface area contributed by atoms with Gasteiger partial charge in [0.25, 0.3) is 0 Å². The summed E-state index contributed by atoms with van der Waals surface area (Å²) in [5.41, 5.74) is 0. The summed E-state index contributed by atoms with van der Waals surface area (Å²) in [6.45, 7) is 4.08. The Bertz CT molecular complexity index is 80.5. The van der Waals surface area contributed by atoms with Crippen molar-refractivity contribution in [3.8, 4) is 0 Å². The van der Waals surface area contributed by atoms with E-state index in [0.29, 0.717) is 6.61 Å². The van der Waals surface area contributed by atoms with Gasteiger partial charge in [-0.15, -0.1) is 0 Å². The van der Waals surface area contributed by atoms with Gasteiger partial charge in [-0.25, -0.2) is 0 Å². The number of hydrogen-bond donors (Lipinski definition) is 0. The van der Waals surface area contributed by atoms with Gasteiger partial charge < -0.3 is 4.74 Å². The Labute approximate surface area is 62.7 Å². The molecule has 1 atom stereocenters. The molecule has 0 saturated heterocycles. The van der Waals surface area contributed by atoms with E-state index < -0.39 is 0 Å². The predicted molar refractivity (Wildman–Crippen MR) is 40.1 cm³/mol. The molecule has 0 fully saturated rings. The highest BCUT2D eigenvalue weighted by Crippen LogP contribution is 1.99. The van der Waals surface area contributed by atoms with Crippen LogP contribution in [0, 0.1) is 0 Å². The predicted octanol–water partition coefficient (Wildman–Crippen LogP) is 1.37. The van der Waals surface area contributed by atoms with Crippen molar-refractivity contribution in [2.24, 2.45) is 0 Å². The van der Waals surface area contributed by atoms with E-state index in [-0.39, 0.29) is 9.89 Å². The molecule has 0 spiro atoms. The summed E-state index contributed by atoms with van der Waals surface area (Å²) in [7, 11) is 0. The molecule has 0 aromatic rings. The third-order valence-corrected chi connectivity index (χ3v) is 1.12. The lowest BCUT2D eigenvalue weighted by molar-refractivity contribution is -0.141. The monoisotopic (exact) mass is 228 g/mol. The third kappa shape index (κ3) is 3.23. The van der Waals surface area contributed by atoms with E-state index in [0.717, 1.165) is 0 Å². The SMILES string of the molecule is CCOC(=O)C(C)I. The molecule has 8 heavy (non-hydrogen) atoms. The topological polar surface area (TPSA) is 26.3 Å². The number of ether oxygens (including phenoxy) is 1. The summed E-state index contributed by atoms with van der Waals surface area (Å²) >= 11 is 2.02. The normalized spacial score (nSPS) is 12.9. The summed E-state index contributed by atoms with van der Waals surface area (Å²) in [4.78, 5) is 10.5. The molecule has 0 aromatic heterocycles. The van der Waals surface area contributed by atoms with Crippen molar-refractivity contribution in [1.82, 2.24) is 0 Å². The van der Waals surface area contributed by atoms with Gasteiger partial charge in [0, 0.05) is 0 Å². The Morgan fingerprint density at radius 3 is 2.50 bits per heavy atom. The second-order valence-electron chi connectivity index (χ2n) is 1.37. The van der Waals surface area contributed by atoms with E-state index in [1.54, 1.807) is 13.8 Å². The van der Waals surface area contributed by atoms with Crippen molar-refractivity contribution in [1.29, 1.82) is 0 Å². The Kier molecular flexibility index (Phi) is 4.22. The largest absolute Gasteiger partial charge is 0.465 e. The fourth-order valence-electron chi connectivity index (χ4n) is 0.257.